The maximum absolute atomic E-state index is 12.1. The molecule has 0 aliphatic rings. The van der Waals surface area contributed by atoms with Gasteiger partial charge < -0.3 is 24.4 Å². The predicted octanol–water partition coefficient (Wildman–Crippen LogP) is 4.27. The number of pyridine rings is 1. The number of rotatable bonds is 7. The SMILES string of the molecule is [CH2-]COc1ccc(-c2ccc(CC(=O)NCc3ccccc3)nc2)cc1.[CH3-].[V+2]. The maximum atomic E-state index is 12.1. The largest absolute Gasteiger partial charge is 2.00 e. The molecule has 3 rings (SSSR count). The summed E-state index contributed by atoms with van der Waals surface area (Å²) < 4.78 is 5.34. The monoisotopic (exact) mass is 411 g/mol. The average Bonchev–Trinajstić information content (AvgIpc) is 2.69. The van der Waals surface area contributed by atoms with Gasteiger partial charge in [-0.1, -0.05) is 48.5 Å². The zero-order valence-electron chi connectivity index (χ0n) is 16.0. The molecule has 3 aromatic rings. The third-order valence-electron chi connectivity index (χ3n) is 3.96. The summed E-state index contributed by atoms with van der Waals surface area (Å²) in [6, 6.07) is 21.5. The molecule has 4 nitrogen and oxygen atoms in total. The summed E-state index contributed by atoms with van der Waals surface area (Å²) in [6.07, 6.45) is 2.06. The molecule has 0 fully saturated rings. The smallest absolute Gasteiger partial charge is 0.525 e. The van der Waals surface area contributed by atoms with Crippen LogP contribution in [0.15, 0.2) is 72.9 Å². The third kappa shape index (κ3) is 6.88. The Morgan fingerprint density at radius 3 is 2.25 bits per heavy atom. The minimum atomic E-state index is -0.0382. The summed E-state index contributed by atoms with van der Waals surface area (Å²) in [4.78, 5) is 16.5. The fraction of sp³-hybridized carbons (Fsp3) is 0.130. The van der Waals surface area contributed by atoms with Gasteiger partial charge in [0.15, 0.2) is 0 Å². The average molecular weight is 411 g/mol. The molecule has 1 N–H and O–H groups in total. The van der Waals surface area contributed by atoms with E-state index in [1.54, 1.807) is 6.20 Å². The van der Waals surface area contributed by atoms with Crippen LogP contribution in [0.4, 0.5) is 0 Å². The van der Waals surface area contributed by atoms with Crippen LogP contribution in [-0.2, 0) is 36.3 Å². The first-order valence-electron chi connectivity index (χ1n) is 8.52. The van der Waals surface area contributed by atoms with Crippen LogP contribution in [0.2, 0.25) is 0 Å². The number of amides is 1. The molecular weight excluding hydrogens is 387 g/mol. The Morgan fingerprint density at radius 1 is 0.964 bits per heavy atom. The summed E-state index contributed by atoms with van der Waals surface area (Å²) in [7, 11) is 0. The zero-order chi connectivity index (χ0) is 18.2. The van der Waals surface area contributed by atoms with Gasteiger partial charge in [-0.2, -0.15) is 0 Å². The predicted molar refractivity (Wildman–Crippen MR) is 109 cm³/mol. The van der Waals surface area contributed by atoms with Gasteiger partial charge in [0.1, 0.15) is 5.75 Å². The minimum absolute atomic E-state index is 0. The molecule has 1 amide bonds. The molecule has 1 radical (unpaired) electrons. The summed E-state index contributed by atoms with van der Waals surface area (Å²) >= 11 is 0. The van der Waals surface area contributed by atoms with Crippen molar-refractivity contribution in [2.45, 2.75) is 13.0 Å². The molecule has 28 heavy (non-hydrogen) atoms. The van der Waals surface area contributed by atoms with Crippen molar-refractivity contribution >= 4 is 5.91 Å². The Labute approximate surface area is 179 Å². The quantitative estimate of drug-likeness (QED) is 0.591. The number of nitrogens with one attached hydrogen (secondary N) is 1. The van der Waals surface area contributed by atoms with E-state index in [1.165, 1.54) is 0 Å². The van der Waals surface area contributed by atoms with Gasteiger partial charge in [0.05, 0.1) is 6.42 Å². The molecule has 0 atom stereocenters. The Morgan fingerprint density at radius 2 is 1.64 bits per heavy atom. The number of aromatic nitrogens is 1. The standard InChI is InChI=1S/C22H21N2O2.CH3.V/c1-2-26-21-12-9-18(10-13-21)19-8-11-20(23-16-19)14-22(25)24-15-17-6-4-3-5-7-17;;/h3-13,16H,1-2,14-15H2,(H,24,25);1H3;/q2*-1;+2. The van der Waals surface area contributed by atoms with E-state index < -0.39 is 0 Å². The van der Waals surface area contributed by atoms with E-state index >= 15 is 0 Å². The number of carbonyl (C=O) groups is 1. The summed E-state index contributed by atoms with van der Waals surface area (Å²) in [5, 5.41) is 2.91. The van der Waals surface area contributed by atoms with E-state index in [1.807, 2.05) is 66.7 Å². The van der Waals surface area contributed by atoms with Crippen LogP contribution in [0.1, 0.15) is 11.3 Å². The molecule has 0 aliphatic carbocycles. The molecule has 0 bridgehead atoms. The van der Waals surface area contributed by atoms with Gasteiger partial charge >= 0.3 is 18.6 Å². The molecule has 0 aliphatic heterocycles. The van der Waals surface area contributed by atoms with Gasteiger partial charge in [0.2, 0.25) is 5.91 Å². The van der Waals surface area contributed by atoms with Crippen molar-refractivity contribution in [3.63, 3.8) is 0 Å². The summed E-state index contributed by atoms with van der Waals surface area (Å²) in [5.41, 5.74) is 3.88. The fourth-order valence-corrected chi connectivity index (χ4v) is 2.58. The molecule has 2 aromatic carbocycles. The van der Waals surface area contributed by atoms with E-state index in [0.717, 1.165) is 28.1 Å². The van der Waals surface area contributed by atoms with Crippen LogP contribution in [0.3, 0.4) is 0 Å². The minimum Gasteiger partial charge on any atom is -0.525 e. The second kappa shape index (κ2) is 12.0. The Hall–Kier alpha value is -2.56. The number of nitrogens with zero attached hydrogens (tertiary/aromatic N) is 1. The molecule has 0 saturated heterocycles. The summed E-state index contributed by atoms with van der Waals surface area (Å²) in [6.45, 7) is 4.59. The first kappa shape index (κ1) is 23.5. The number of benzene rings is 2. The van der Waals surface area contributed by atoms with Crippen molar-refractivity contribution in [2.75, 3.05) is 6.61 Å². The number of hydrogen-bond acceptors (Lipinski definition) is 3. The molecule has 143 valence electrons. The first-order valence-corrected chi connectivity index (χ1v) is 8.52. The fourth-order valence-electron chi connectivity index (χ4n) is 2.58. The second-order valence-corrected chi connectivity index (χ2v) is 5.85. The van der Waals surface area contributed by atoms with Crippen LogP contribution in [0.25, 0.3) is 11.1 Å². The van der Waals surface area contributed by atoms with Crippen molar-refractivity contribution in [3.05, 3.63) is 98.5 Å². The van der Waals surface area contributed by atoms with E-state index in [4.69, 9.17) is 4.74 Å². The van der Waals surface area contributed by atoms with Gasteiger partial charge in [0.25, 0.3) is 0 Å². The van der Waals surface area contributed by atoms with Crippen LogP contribution in [-0.4, -0.2) is 17.5 Å². The van der Waals surface area contributed by atoms with Crippen molar-refractivity contribution in [2.24, 2.45) is 0 Å². The normalized spacial score (nSPS) is 9.61. The van der Waals surface area contributed by atoms with E-state index in [2.05, 4.69) is 17.2 Å². The van der Waals surface area contributed by atoms with Crippen LogP contribution in [0.5, 0.6) is 5.75 Å². The molecule has 0 saturated carbocycles. The van der Waals surface area contributed by atoms with Gasteiger partial charge in [-0.25, -0.2) is 0 Å². The molecule has 0 unspecified atom stereocenters. The van der Waals surface area contributed by atoms with Gasteiger partial charge in [-0.15, -0.1) is 0 Å². The molecule has 1 aromatic heterocycles. The van der Waals surface area contributed by atoms with E-state index in [9.17, 15) is 4.79 Å². The van der Waals surface area contributed by atoms with Crippen molar-refractivity contribution in [3.8, 4) is 16.9 Å². The Balaban J connectivity index is 0.00000196. The van der Waals surface area contributed by atoms with Gasteiger partial charge in [-0.05, 0) is 35.9 Å². The number of carbonyl (C=O) groups excluding carboxylic acids is 1. The number of ether oxygens (including phenoxy) is 1. The van der Waals surface area contributed by atoms with Crippen LogP contribution in [0, 0.1) is 14.4 Å². The molecular formula is C23H24N2O2V. The second-order valence-electron chi connectivity index (χ2n) is 5.85. The maximum Gasteiger partial charge on any atom is 2.00 e. The molecule has 0 spiro atoms. The van der Waals surface area contributed by atoms with E-state index in [0.29, 0.717) is 13.2 Å². The topological polar surface area (TPSA) is 51.2 Å². The van der Waals surface area contributed by atoms with Crippen molar-refractivity contribution < 1.29 is 28.1 Å². The zero-order valence-corrected chi connectivity index (χ0v) is 17.4. The number of hydrogen-bond donors (Lipinski definition) is 1. The Kier molecular flexibility index (Phi) is 10.1. The van der Waals surface area contributed by atoms with E-state index in [-0.39, 0.29) is 38.3 Å². The summed E-state index contributed by atoms with van der Waals surface area (Å²) in [5.74, 6) is 0.757. The third-order valence-corrected chi connectivity index (χ3v) is 3.96. The van der Waals surface area contributed by atoms with Gasteiger partial charge in [-0.3, -0.25) is 9.78 Å². The van der Waals surface area contributed by atoms with Crippen LogP contribution >= 0.6 is 0 Å². The van der Waals surface area contributed by atoms with Crippen molar-refractivity contribution in [1.29, 1.82) is 0 Å². The Bertz CT molecular complexity index is 835. The van der Waals surface area contributed by atoms with Crippen LogP contribution < -0.4 is 10.1 Å². The molecule has 5 heteroatoms. The van der Waals surface area contributed by atoms with Gasteiger partial charge in [0, 0.05) is 24.0 Å². The first-order chi connectivity index (χ1) is 12.7. The molecule has 1 heterocycles. The van der Waals surface area contributed by atoms with Crippen molar-refractivity contribution in [1.82, 2.24) is 10.3 Å².